The standard InChI is InChI=1S/C26H23N3O5/c1-28(2)20-10-9-18(13-21-25(30)27-29(26(21)31)19-6-4-3-5-7-19)23(14-20)32-15-17-8-11-22-24(12-17)34-16-33-22/h3-14H,15-16H2,1-2H3,(H,27,30). The minimum atomic E-state index is -0.465. The van der Waals surface area contributed by atoms with Gasteiger partial charge in [0.2, 0.25) is 6.79 Å². The van der Waals surface area contributed by atoms with E-state index in [1.807, 2.05) is 61.5 Å². The molecule has 2 aliphatic rings. The molecule has 0 saturated carbocycles. The smallest absolute Gasteiger partial charge is 0.282 e. The average Bonchev–Trinajstić information content (AvgIpc) is 3.43. The van der Waals surface area contributed by atoms with Gasteiger partial charge in [-0.05, 0) is 48.0 Å². The molecule has 2 heterocycles. The van der Waals surface area contributed by atoms with Crippen LogP contribution in [-0.2, 0) is 16.2 Å². The van der Waals surface area contributed by atoms with Gasteiger partial charge in [-0.3, -0.25) is 15.0 Å². The maximum absolute atomic E-state index is 13.0. The third-order valence-corrected chi connectivity index (χ3v) is 5.55. The molecule has 8 nitrogen and oxygen atoms in total. The van der Waals surface area contributed by atoms with Crippen molar-refractivity contribution in [2.75, 3.05) is 30.8 Å². The quantitative estimate of drug-likeness (QED) is 0.451. The molecule has 3 aromatic rings. The number of para-hydroxylation sites is 1. The number of benzene rings is 3. The summed E-state index contributed by atoms with van der Waals surface area (Å²) in [6.07, 6.45) is 1.56. The molecule has 2 amide bonds. The van der Waals surface area contributed by atoms with Crippen LogP contribution in [0.4, 0.5) is 11.4 Å². The van der Waals surface area contributed by atoms with E-state index in [1.54, 1.807) is 30.3 Å². The summed E-state index contributed by atoms with van der Waals surface area (Å²) in [6.45, 7) is 0.484. The molecule has 0 atom stereocenters. The number of fused-ring (bicyclic) bond motifs is 1. The maximum Gasteiger partial charge on any atom is 0.282 e. The summed E-state index contributed by atoms with van der Waals surface area (Å²) < 4.78 is 16.9. The van der Waals surface area contributed by atoms with E-state index in [0.717, 1.165) is 11.3 Å². The molecule has 1 fully saturated rings. The zero-order valence-electron chi connectivity index (χ0n) is 18.8. The topological polar surface area (TPSA) is 80.3 Å². The largest absolute Gasteiger partial charge is 0.488 e. The van der Waals surface area contributed by atoms with Crippen molar-refractivity contribution < 1.29 is 23.8 Å². The van der Waals surface area contributed by atoms with E-state index in [0.29, 0.717) is 28.5 Å². The van der Waals surface area contributed by atoms with Crippen LogP contribution in [0.15, 0.2) is 72.3 Å². The molecule has 0 aliphatic carbocycles. The monoisotopic (exact) mass is 457 g/mol. The summed E-state index contributed by atoms with van der Waals surface area (Å²) in [4.78, 5) is 27.6. The van der Waals surface area contributed by atoms with E-state index >= 15 is 0 Å². The van der Waals surface area contributed by atoms with Gasteiger partial charge in [-0.2, -0.15) is 0 Å². The molecule has 1 saturated heterocycles. The molecule has 0 aromatic heterocycles. The number of hydrogen-bond acceptors (Lipinski definition) is 6. The zero-order chi connectivity index (χ0) is 23.7. The van der Waals surface area contributed by atoms with Crippen LogP contribution in [0.1, 0.15) is 11.1 Å². The fourth-order valence-corrected chi connectivity index (χ4v) is 3.71. The fourth-order valence-electron chi connectivity index (χ4n) is 3.71. The van der Waals surface area contributed by atoms with E-state index in [-0.39, 0.29) is 19.0 Å². The van der Waals surface area contributed by atoms with Crippen LogP contribution in [0.5, 0.6) is 17.2 Å². The Morgan fingerprint density at radius 1 is 1.00 bits per heavy atom. The molecule has 0 bridgehead atoms. The van der Waals surface area contributed by atoms with E-state index < -0.39 is 11.8 Å². The highest BCUT2D eigenvalue weighted by Crippen LogP contribution is 2.34. The number of nitrogens with zero attached hydrogens (tertiary/aromatic N) is 2. The number of hydrogen-bond donors (Lipinski definition) is 1. The normalized spacial score (nSPS) is 15.6. The zero-order valence-corrected chi connectivity index (χ0v) is 18.8. The van der Waals surface area contributed by atoms with Gasteiger partial charge in [-0.15, -0.1) is 0 Å². The summed E-state index contributed by atoms with van der Waals surface area (Å²) in [6, 6.07) is 20.2. The van der Waals surface area contributed by atoms with Crippen molar-refractivity contribution in [3.05, 3.63) is 83.4 Å². The molecule has 2 aliphatic heterocycles. The first-order chi connectivity index (χ1) is 16.5. The molecule has 8 heteroatoms. The van der Waals surface area contributed by atoms with E-state index in [2.05, 4.69) is 5.43 Å². The molecule has 0 spiro atoms. The van der Waals surface area contributed by atoms with Gasteiger partial charge in [0, 0.05) is 31.4 Å². The molecule has 3 aromatic carbocycles. The number of ether oxygens (including phenoxy) is 3. The molecule has 0 unspecified atom stereocenters. The van der Waals surface area contributed by atoms with Crippen LogP contribution in [0, 0.1) is 0 Å². The molecular formula is C26H23N3O5. The van der Waals surface area contributed by atoms with E-state index in [9.17, 15) is 9.59 Å². The second-order valence-electron chi connectivity index (χ2n) is 8.07. The lowest BCUT2D eigenvalue weighted by Crippen LogP contribution is -2.35. The minimum Gasteiger partial charge on any atom is -0.488 e. The first-order valence-electron chi connectivity index (χ1n) is 10.7. The Bertz CT molecular complexity index is 1290. The summed E-state index contributed by atoms with van der Waals surface area (Å²) in [5, 5.41) is 1.25. The van der Waals surface area contributed by atoms with Crippen molar-refractivity contribution in [1.82, 2.24) is 5.43 Å². The van der Waals surface area contributed by atoms with Crippen molar-refractivity contribution in [2.24, 2.45) is 0 Å². The maximum atomic E-state index is 13.0. The van der Waals surface area contributed by atoms with Crippen LogP contribution in [0.3, 0.4) is 0 Å². The Morgan fingerprint density at radius 3 is 2.59 bits per heavy atom. The van der Waals surface area contributed by atoms with Gasteiger partial charge in [-0.25, -0.2) is 5.01 Å². The Morgan fingerprint density at radius 2 is 1.79 bits per heavy atom. The highest BCUT2D eigenvalue weighted by atomic mass is 16.7. The minimum absolute atomic E-state index is 0.0365. The van der Waals surface area contributed by atoms with Crippen molar-refractivity contribution in [1.29, 1.82) is 0 Å². The lowest BCUT2D eigenvalue weighted by atomic mass is 10.1. The summed E-state index contributed by atoms with van der Waals surface area (Å²) in [5.74, 6) is 1.05. The van der Waals surface area contributed by atoms with Gasteiger partial charge >= 0.3 is 0 Å². The van der Waals surface area contributed by atoms with E-state index in [1.165, 1.54) is 5.01 Å². The molecule has 5 rings (SSSR count). The summed E-state index contributed by atoms with van der Waals surface area (Å²) >= 11 is 0. The average molecular weight is 457 g/mol. The Kier molecular flexibility index (Phi) is 5.55. The van der Waals surface area contributed by atoms with Crippen molar-refractivity contribution in [3.63, 3.8) is 0 Å². The number of amides is 2. The van der Waals surface area contributed by atoms with Gasteiger partial charge < -0.3 is 19.1 Å². The number of anilines is 2. The van der Waals surface area contributed by atoms with Gasteiger partial charge in [0.1, 0.15) is 17.9 Å². The van der Waals surface area contributed by atoms with E-state index in [4.69, 9.17) is 14.2 Å². The van der Waals surface area contributed by atoms with Crippen LogP contribution < -0.4 is 29.5 Å². The lowest BCUT2D eigenvalue weighted by molar-refractivity contribution is -0.117. The molecule has 1 N–H and O–H groups in total. The molecular weight excluding hydrogens is 434 g/mol. The van der Waals surface area contributed by atoms with Gasteiger partial charge in [0.25, 0.3) is 11.8 Å². The van der Waals surface area contributed by atoms with Crippen LogP contribution in [0.25, 0.3) is 6.08 Å². The van der Waals surface area contributed by atoms with Gasteiger partial charge in [0.15, 0.2) is 11.5 Å². The number of carbonyl (C=O) groups is 2. The van der Waals surface area contributed by atoms with Crippen LogP contribution in [0.2, 0.25) is 0 Å². The Balaban J connectivity index is 1.43. The molecule has 172 valence electrons. The Labute approximate surface area is 196 Å². The molecule has 0 radical (unpaired) electrons. The predicted octanol–water partition coefficient (Wildman–Crippen LogP) is 3.52. The fraction of sp³-hybridized carbons (Fsp3) is 0.154. The third-order valence-electron chi connectivity index (χ3n) is 5.55. The molecule has 34 heavy (non-hydrogen) atoms. The SMILES string of the molecule is CN(C)c1ccc(C=C2C(=O)NN(c3ccccc3)C2=O)c(OCc2ccc3c(c2)OCO3)c1. The number of rotatable bonds is 6. The highest BCUT2D eigenvalue weighted by molar-refractivity contribution is 6.31. The third kappa shape index (κ3) is 4.13. The van der Waals surface area contributed by atoms with Gasteiger partial charge in [0.05, 0.1) is 5.69 Å². The number of hydrazine groups is 1. The summed E-state index contributed by atoms with van der Waals surface area (Å²) in [7, 11) is 3.86. The van der Waals surface area contributed by atoms with Crippen molar-refractivity contribution in [2.45, 2.75) is 6.61 Å². The van der Waals surface area contributed by atoms with Crippen LogP contribution in [-0.4, -0.2) is 32.7 Å². The number of carbonyl (C=O) groups excluding carboxylic acids is 2. The lowest BCUT2D eigenvalue weighted by Gasteiger charge is -2.16. The van der Waals surface area contributed by atoms with Crippen LogP contribution >= 0.6 is 0 Å². The Hall–Kier alpha value is -4.46. The first-order valence-corrected chi connectivity index (χ1v) is 10.7. The summed E-state index contributed by atoms with van der Waals surface area (Å²) in [5.41, 5.74) is 5.71. The first kappa shape index (κ1) is 21.4. The van der Waals surface area contributed by atoms with Crippen molar-refractivity contribution in [3.8, 4) is 17.2 Å². The number of nitrogens with one attached hydrogen (secondary N) is 1. The predicted molar refractivity (Wildman–Crippen MR) is 128 cm³/mol. The van der Waals surface area contributed by atoms with Gasteiger partial charge in [-0.1, -0.05) is 24.3 Å². The highest BCUT2D eigenvalue weighted by Gasteiger charge is 2.34. The van der Waals surface area contributed by atoms with Crippen molar-refractivity contribution >= 4 is 29.3 Å². The second-order valence-corrected chi connectivity index (χ2v) is 8.07. The second kappa shape index (κ2) is 8.82.